The molecule has 1 heterocycles. The summed E-state index contributed by atoms with van der Waals surface area (Å²) in [7, 11) is 1.61. The van der Waals surface area contributed by atoms with Gasteiger partial charge in [-0.15, -0.1) is 0 Å². The van der Waals surface area contributed by atoms with Crippen LogP contribution in [0.25, 0.3) is 0 Å². The molecule has 2 rings (SSSR count). The summed E-state index contributed by atoms with van der Waals surface area (Å²) in [5.74, 6) is 0.400. The summed E-state index contributed by atoms with van der Waals surface area (Å²) >= 11 is 0. The van der Waals surface area contributed by atoms with Gasteiger partial charge in [-0.2, -0.15) is 4.39 Å². The smallest absolute Gasteiger partial charge is 0.225 e. The van der Waals surface area contributed by atoms with Crippen LogP contribution in [0.4, 0.5) is 10.2 Å². The lowest BCUT2D eigenvalue weighted by Crippen LogP contribution is -2.03. The molecule has 0 spiro atoms. The Bertz CT molecular complexity index is 570. The molecule has 4 nitrogen and oxygen atoms in total. The van der Waals surface area contributed by atoms with Gasteiger partial charge in [0.2, 0.25) is 5.95 Å². The predicted octanol–water partition coefficient (Wildman–Crippen LogP) is 2.65. The van der Waals surface area contributed by atoms with Gasteiger partial charge in [-0.05, 0) is 29.8 Å². The fourth-order valence-corrected chi connectivity index (χ4v) is 1.57. The highest BCUT2D eigenvalue weighted by molar-refractivity contribution is 5.74. The SMILES string of the molecule is COc1ccc(CNc2ccc(C=O)c(F)n2)cc1. The van der Waals surface area contributed by atoms with Crippen molar-refractivity contribution in [3.05, 3.63) is 53.5 Å². The minimum absolute atomic E-state index is 0.0463. The molecule has 98 valence electrons. The number of rotatable bonds is 5. The number of anilines is 1. The summed E-state index contributed by atoms with van der Waals surface area (Å²) in [4.78, 5) is 14.1. The standard InChI is InChI=1S/C14H13FN2O2/c1-19-12-5-2-10(3-6-12)8-16-13-7-4-11(9-18)14(15)17-13/h2-7,9H,8H2,1H3,(H,16,17). The van der Waals surface area contributed by atoms with Crippen molar-refractivity contribution in [2.24, 2.45) is 0 Å². The first kappa shape index (κ1) is 13.0. The van der Waals surface area contributed by atoms with Crippen LogP contribution in [0.5, 0.6) is 5.75 Å². The molecular weight excluding hydrogens is 247 g/mol. The minimum atomic E-state index is -0.769. The molecule has 1 aromatic carbocycles. The number of benzene rings is 1. The third-order valence-corrected chi connectivity index (χ3v) is 2.64. The van der Waals surface area contributed by atoms with E-state index >= 15 is 0 Å². The summed E-state index contributed by atoms with van der Waals surface area (Å²) in [6.45, 7) is 0.511. The highest BCUT2D eigenvalue weighted by Gasteiger charge is 2.04. The van der Waals surface area contributed by atoms with Crippen LogP contribution in [-0.4, -0.2) is 18.4 Å². The van der Waals surface area contributed by atoms with Crippen molar-refractivity contribution < 1.29 is 13.9 Å². The fourth-order valence-electron chi connectivity index (χ4n) is 1.57. The molecule has 0 saturated carbocycles. The minimum Gasteiger partial charge on any atom is -0.497 e. The molecule has 2 aromatic rings. The van der Waals surface area contributed by atoms with Crippen LogP contribution in [0.2, 0.25) is 0 Å². The van der Waals surface area contributed by atoms with E-state index in [0.717, 1.165) is 11.3 Å². The molecule has 1 aromatic heterocycles. The molecule has 0 saturated heterocycles. The van der Waals surface area contributed by atoms with Gasteiger partial charge in [0.1, 0.15) is 11.6 Å². The van der Waals surface area contributed by atoms with Gasteiger partial charge in [0.05, 0.1) is 12.7 Å². The number of aromatic nitrogens is 1. The number of carbonyl (C=O) groups excluding carboxylic acids is 1. The van der Waals surface area contributed by atoms with Gasteiger partial charge < -0.3 is 10.1 Å². The van der Waals surface area contributed by atoms with E-state index in [4.69, 9.17) is 4.74 Å². The monoisotopic (exact) mass is 260 g/mol. The molecule has 0 aliphatic carbocycles. The van der Waals surface area contributed by atoms with Gasteiger partial charge in [-0.1, -0.05) is 12.1 Å². The number of pyridine rings is 1. The van der Waals surface area contributed by atoms with Crippen molar-refractivity contribution in [1.29, 1.82) is 0 Å². The fraction of sp³-hybridized carbons (Fsp3) is 0.143. The number of nitrogens with one attached hydrogen (secondary N) is 1. The van der Waals surface area contributed by atoms with Gasteiger partial charge in [0.15, 0.2) is 6.29 Å². The second-order valence-electron chi connectivity index (χ2n) is 3.90. The van der Waals surface area contributed by atoms with Gasteiger partial charge in [-0.3, -0.25) is 4.79 Å². The molecule has 0 bridgehead atoms. The van der Waals surface area contributed by atoms with E-state index in [1.54, 1.807) is 13.2 Å². The Morgan fingerprint density at radius 3 is 2.58 bits per heavy atom. The van der Waals surface area contributed by atoms with E-state index < -0.39 is 5.95 Å². The number of aldehydes is 1. The van der Waals surface area contributed by atoms with Crippen LogP contribution in [-0.2, 0) is 6.54 Å². The van der Waals surface area contributed by atoms with Gasteiger partial charge in [-0.25, -0.2) is 4.98 Å². The van der Waals surface area contributed by atoms with Crippen molar-refractivity contribution >= 4 is 12.1 Å². The second kappa shape index (κ2) is 5.95. The highest BCUT2D eigenvalue weighted by Crippen LogP contribution is 2.13. The Hall–Kier alpha value is -2.43. The Morgan fingerprint density at radius 1 is 1.26 bits per heavy atom. The van der Waals surface area contributed by atoms with E-state index in [0.29, 0.717) is 18.6 Å². The molecule has 0 fully saturated rings. The normalized spacial score (nSPS) is 10.0. The predicted molar refractivity (Wildman–Crippen MR) is 69.9 cm³/mol. The van der Waals surface area contributed by atoms with E-state index in [1.807, 2.05) is 24.3 Å². The van der Waals surface area contributed by atoms with Crippen LogP contribution < -0.4 is 10.1 Å². The van der Waals surface area contributed by atoms with E-state index in [9.17, 15) is 9.18 Å². The first-order valence-corrected chi connectivity index (χ1v) is 5.71. The lowest BCUT2D eigenvalue weighted by Gasteiger charge is -2.07. The molecule has 0 radical (unpaired) electrons. The third-order valence-electron chi connectivity index (χ3n) is 2.64. The maximum Gasteiger partial charge on any atom is 0.225 e. The Labute approximate surface area is 110 Å². The lowest BCUT2D eigenvalue weighted by molar-refractivity contribution is 0.111. The Kier molecular flexibility index (Phi) is 4.07. The summed E-state index contributed by atoms with van der Waals surface area (Å²) in [5, 5.41) is 2.98. The van der Waals surface area contributed by atoms with Crippen molar-refractivity contribution in [2.75, 3.05) is 12.4 Å². The first-order valence-electron chi connectivity index (χ1n) is 5.71. The van der Waals surface area contributed by atoms with Crippen LogP contribution in [0.3, 0.4) is 0 Å². The summed E-state index contributed by atoms with van der Waals surface area (Å²) < 4.78 is 18.3. The highest BCUT2D eigenvalue weighted by atomic mass is 19.1. The molecular formula is C14H13FN2O2. The number of hydrogen-bond donors (Lipinski definition) is 1. The van der Waals surface area contributed by atoms with Crippen molar-refractivity contribution in [3.8, 4) is 5.75 Å². The zero-order valence-corrected chi connectivity index (χ0v) is 10.4. The summed E-state index contributed by atoms with van der Waals surface area (Å²) in [6.07, 6.45) is 0.440. The molecule has 0 unspecified atom stereocenters. The molecule has 0 aliphatic heterocycles. The number of nitrogens with zero attached hydrogens (tertiary/aromatic N) is 1. The van der Waals surface area contributed by atoms with Crippen molar-refractivity contribution in [3.63, 3.8) is 0 Å². The zero-order chi connectivity index (χ0) is 13.7. The van der Waals surface area contributed by atoms with Crippen molar-refractivity contribution in [2.45, 2.75) is 6.54 Å². The first-order chi connectivity index (χ1) is 9.22. The molecule has 0 aliphatic rings. The van der Waals surface area contributed by atoms with E-state index in [2.05, 4.69) is 10.3 Å². The van der Waals surface area contributed by atoms with Gasteiger partial charge >= 0.3 is 0 Å². The van der Waals surface area contributed by atoms with Crippen LogP contribution >= 0.6 is 0 Å². The average Bonchev–Trinajstić information content (AvgIpc) is 2.46. The maximum atomic E-state index is 13.3. The van der Waals surface area contributed by atoms with Crippen LogP contribution in [0.15, 0.2) is 36.4 Å². The van der Waals surface area contributed by atoms with Crippen LogP contribution in [0.1, 0.15) is 15.9 Å². The second-order valence-corrected chi connectivity index (χ2v) is 3.90. The largest absolute Gasteiger partial charge is 0.497 e. The molecule has 19 heavy (non-hydrogen) atoms. The van der Waals surface area contributed by atoms with E-state index in [-0.39, 0.29) is 5.56 Å². The Morgan fingerprint density at radius 2 is 2.00 bits per heavy atom. The van der Waals surface area contributed by atoms with Gasteiger partial charge in [0.25, 0.3) is 0 Å². The van der Waals surface area contributed by atoms with Crippen molar-refractivity contribution in [1.82, 2.24) is 4.98 Å². The number of carbonyl (C=O) groups is 1. The number of ether oxygens (including phenoxy) is 1. The third kappa shape index (κ3) is 3.28. The average molecular weight is 260 g/mol. The summed E-state index contributed by atoms with van der Waals surface area (Å²) in [5.41, 5.74) is 0.970. The summed E-state index contributed by atoms with van der Waals surface area (Å²) in [6, 6.07) is 10.5. The van der Waals surface area contributed by atoms with Crippen LogP contribution in [0, 0.1) is 5.95 Å². The topological polar surface area (TPSA) is 51.2 Å². The molecule has 0 amide bonds. The zero-order valence-electron chi connectivity index (χ0n) is 10.4. The number of halogens is 1. The Balaban J connectivity index is 2.01. The molecule has 1 N–H and O–H groups in total. The molecule has 5 heteroatoms. The number of methoxy groups -OCH3 is 1. The number of hydrogen-bond acceptors (Lipinski definition) is 4. The lowest BCUT2D eigenvalue weighted by atomic mass is 10.2. The van der Waals surface area contributed by atoms with Gasteiger partial charge in [0, 0.05) is 6.54 Å². The molecule has 0 atom stereocenters. The quantitative estimate of drug-likeness (QED) is 0.663. The maximum absolute atomic E-state index is 13.3. The van der Waals surface area contributed by atoms with E-state index in [1.165, 1.54) is 6.07 Å².